The Hall–Kier alpha value is -3.12. The third-order valence-electron chi connectivity index (χ3n) is 5.63. The van der Waals surface area contributed by atoms with Crippen LogP contribution in [0, 0.1) is 6.92 Å². The summed E-state index contributed by atoms with van der Waals surface area (Å²) in [6.07, 6.45) is 2.17. The molecule has 6 heteroatoms. The van der Waals surface area contributed by atoms with E-state index in [0.717, 1.165) is 23.1 Å². The Morgan fingerprint density at radius 1 is 0.969 bits per heavy atom. The van der Waals surface area contributed by atoms with Gasteiger partial charge in [-0.2, -0.15) is 0 Å². The van der Waals surface area contributed by atoms with Crippen molar-refractivity contribution in [3.05, 3.63) is 101 Å². The molecule has 0 saturated heterocycles. The predicted octanol–water partition coefficient (Wildman–Crippen LogP) is 5.01. The van der Waals surface area contributed by atoms with Crippen molar-refractivity contribution < 1.29 is 13.2 Å². The van der Waals surface area contributed by atoms with Gasteiger partial charge in [-0.3, -0.25) is 9.10 Å². The summed E-state index contributed by atoms with van der Waals surface area (Å²) in [6.45, 7) is 6.25. The fourth-order valence-electron chi connectivity index (χ4n) is 3.53. The minimum atomic E-state index is -3.49. The van der Waals surface area contributed by atoms with Gasteiger partial charge >= 0.3 is 0 Å². The topological polar surface area (TPSA) is 66.5 Å². The second-order valence-electron chi connectivity index (χ2n) is 8.03. The van der Waals surface area contributed by atoms with Crippen molar-refractivity contribution in [2.75, 3.05) is 10.6 Å². The molecule has 3 aromatic rings. The lowest BCUT2D eigenvalue weighted by Gasteiger charge is -2.23. The van der Waals surface area contributed by atoms with Crippen molar-refractivity contribution in [3.63, 3.8) is 0 Å². The fraction of sp³-hybridized carbons (Fsp3) is 0.269. The van der Waals surface area contributed by atoms with E-state index in [1.54, 1.807) is 24.3 Å². The Morgan fingerprint density at radius 2 is 1.59 bits per heavy atom. The van der Waals surface area contributed by atoms with Crippen LogP contribution in [-0.4, -0.2) is 20.6 Å². The van der Waals surface area contributed by atoms with Gasteiger partial charge in [0, 0.05) is 5.56 Å². The number of rotatable bonds is 8. The SMILES string of the molecule is CCc1ccc([C@@H](C)NC(=O)c2ccc(N(Cc3ccccc3C)S(C)(=O)=O)cc2)cc1. The largest absolute Gasteiger partial charge is 0.346 e. The Balaban J connectivity index is 1.75. The molecular formula is C26H30N2O3S. The summed E-state index contributed by atoms with van der Waals surface area (Å²) in [5, 5.41) is 3.01. The summed E-state index contributed by atoms with van der Waals surface area (Å²) in [7, 11) is -3.49. The number of carbonyl (C=O) groups is 1. The van der Waals surface area contributed by atoms with E-state index in [4.69, 9.17) is 0 Å². The number of carbonyl (C=O) groups excluding carboxylic acids is 1. The van der Waals surface area contributed by atoms with Gasteiger partial charge in [-0.25, -0.2) is 8.42 Å². The lowest BCUT2D eigenvalue weighted by molar-refractivity contribution is 0.0940. The summed E-state index contributed by atoms with van der Waals surface area (Å²) in [5.74, 6) is -0.201. The highest BCUT2D eigenvalue weighted by Gasteiger charge is 2.19. The van der Waals surface area contributed by atoms with Crippen LogP contribution < -0.4 is 9.62 Å². The summed E-state index contributed by atoms with van der Waals surface area (Å²) >= 11 is 0. The van der Waals surface area contributed by atoms with Crippen molar-refractivity contribution in [2.45, 2.75) is 39.8 Å². The van der Waals surface area contributed by atoms with Crippen LogP contribution in [0.15, 0.2) is 72.8 Å². The number of nitrogens with zero attached hydrogens (tertiary/aromatic N) is 1. The molecule has 1 atom stereocenters. The first-order valence-electron chi connectivity index (χ1n) is 10.7. The number of anilines is 1. The minimum Gasteiger partial charge on any atom is -0.346 e. The van der Waals surface area contributed by atoms with Gasteiger partial charge in [0.2, 0.25) is 10.0 Å². The van der Waals surface area contributed by atoms with Crippen LogP contribution >= 0.6 is 0 Å². The quantitative estimate of drug-likeness (QED) is 0.524. The van der Waals surface area contributed by atoms with Crippen LogP contribution in [0.5, 0.6) is 0 Å². The van der Waals surface area contributed by atoms with E-state index in [2.05, 4.69) is 24.4 Å². The summed E-state index contributed by atoms with van der Waals surface area (Å²) < 4.78 is 26.3. The van der Waals surface area contributed by atoms with E-state index in [1.807, 2.05) is 50.2 Å². The molecule has 0 spiro atoms. The minimum absolute atomic E-state index is 0.137. The van der Waals surface area contributed by atoms with Crippen LogP contribution in [0.4, 0.5) is 5.69 Å². The van der Waals surface area contributed by atoms with Crippen LogP contribution in [-0.2, 0) is 23.0 Å². The van der Waals surface area contributed by atoms with Gasteiger partial charge < -0.3 is 5.32 Å². The molecule has 168 valence electrons. The number of aryl methyl sites for hydroxylation is 2. The smallest absolute Gasteiger partial charge is 0.251 e. The second kappa shape index (κ2) is 10.0. The van der Waals surface area contributed by atoms with E-state index in [1.165, 1.54) is 16.1 Å². The molecule has 0 heterocycles. The van der Waals surface area contributed by atoms with Gasteiger partial charge in [0.1, 0.15) is 0 Å². The summed E-state index contributed by atoms with van der Waals surface area (Å²) in [4.78, 5) is 12.7. The zero-order valence-corrected chi connectivity index (χ0v) is 19.8. The van der Waals surface area contributed by atoms with Crippen molar-refractivity contribution in [1.82, 2.24) is 5.32 Å². The van der Waals surface area contributed by atoms with Gasteiger partial charge in [-0.15, -0.1) is 0 Å². The van der Waals surface area contributed by atoms with E-state index >= 15 is 0 Å². The fourth-order valence-corrected chi connectivity index (χ4v) is 4.40. The molecule has 0 saturated carbocycles. The monoisotopic (exact) mass is 450 g/mol. The second-order valence-corrected chi connectivity index (χ2v) is 9.94. The van der Waals surface area contributed by atoms with Crippen molar-refractivity contribution in [3.8, 4) is 0 Å². The number of hydrogen-bond donors (Lipinski definition) is 1. The molecule has 0 radical (unpaired) electrons. The highest BCUT2D eigenvalue weighted by Crippen LogP contribution is 2.23. The Kier molecular flexibility index (Phi) is 7.36. The summed E-state index contributed by atoms with van der Waals surface area (Å²) in [5.41, 5.74) is 5.25. The van der Waals surface area contributed by atoms with Gasteiger partial charge in [0.25, 0.3) is 5.91 Å². The molecule has 32 heavy (non-hydrogen) atoms. The number of amides is 1. The molecule has 0 aliphatic rings. The molecule has 0 aliphatic carbocycles. The average molecular weight is 451 g/mol. The van der Waals surface area contributed by atoms with Crippen LogP contribution in [0.25, 0.3) is 0 Å². The normalized spacial score (nSPS) is 12.2. The van der Waals surface area contributed by atoms with Crippen LogP contribution in [0.1, 0.15) is 52.5 Å². The molecule has 0 aromatic heterocycles. The third kappa shape index (κ3) is 5.77. The molecule has 0 unspecified atom stereocenters. The number of hydrogen-bond acceptors (Lipinski definition) is 3. The molecule has 0 fully saturated rings. The average Bonchev–Trinajstić information content (AvgIpc) is 2.78. The first-order chi connectivity index (χ1) is 15.2. The molecule has 0 aliphatic heterocycles. The van der Waals surface area contributed by atoms with Crippen molar-refractivity contribution in [2.24, 2.45) is 0 Å². The zero-order chi connectivity index (χ0) is 23.3. The summed E-state index contributed by atoms with van der Waals surface area (Å²) in [6, 6.07) is 22.4. The number of benzene rings is 3. The lowest BCUT2D eigenvalue weighted by atomic mass is 10.0. The van der Waals surface area contributed by atoms with Gasteiger partial charge in [-0.1, -0.05) is 55.5 Å². The van der Waals surface area contributed by atoms with Gasteiger partial charge in [-0.05, 0) is 66.8 Å². The molecule has 0 bridgehead atoms. The predicted molar refractivity (Wildman–Crippen MR) is 130 cm³/mol. The number of nitrogens with one attached hydrogen (secondary N) is 1. The molecule has 3 rings (SSSR count). The maximum absolute atomic E-state index is 12.7. The Labute approximate surface area is 191 Å². The van der Waals surface area contributed by atoms with Crippen molar-refractivity contribution in [1.29, 1.82) is 0 Å². The zero-order valence-electron chi connectivity index (χ0n) is 19.0. The molecule has 3 aromatic carbocycles. The Bertz CT molecular complexity index is 1170. The van der Waals surface area contributed by atoms with Crippen LogP contribution in [0.2, 0.25) is 0 Å². The standard InChI is InChI=1S/C26H30N2O3S/c1-5-21-10-12-22(13-11-21)20(3)27-26(29)23-14-16-25(17-15-23)28(32(4,30)31)18-24-9-7-6-8-19(24)2/h6-17,20H,5,18H2,1-4H3,(H,27,29)/t20-/m1/s1. The van der Waals surface area contributed by atoms with Gasteiger partial charge in [0.15, 0.2) is 0 Å². The van der Waals surface area contributed by atoms with E-state index < -0.39 is 10.0 Å². The first kappa shape index (κ1) is 23.5. The molecule has 1 N–H and O–H groups in total. The maximum atomic E-state index is 12.7. The highest BCUT2D eigenvalue weighted by atomic mass is 32.2. The molecule has 1 amide bonds. The van der Waals surface area contributed by atoms with E-state index in [9.17, 15) is 13.2 Å². The first-order valence-corrected chi connectivity index (χ1v) is 12.6. The van der Waals surface area contributed by atoms with Gasteiger partial charge in [0.05, 0.1) is 24.5 Å². The third-order valence-corrected chi connectivity index (χ3v) is 6.77. The lowest BCUT2D eigenvalue weighted by Crippen LogP contribution is -2.30. The maximum Gasteiger partial charge on any atom is 0.251 e. The number of sulfonamides is 1. The van der Waals surface area contributed by atoms with E-state index in [0.29, 0.717) is 11.3 Å². The van der Waals surface area contributed by atoms with Crippen LogP contribution in [0.3, 0.4) is 0 Å². The molecule has 5 nitrogen and oxygen atoms in total. The Morgan fingerprint density at radius 3 is 2.16 bits per heavy atom. The van der Waals surface area contributed by atoms with E-state index in [-0.39, 0.29) is 18.5 Å². The highest BCUT2D eigenvalue weighted by molar-refractivity contribution is 7.92. The molecular weight excluding hydrogens is 420 g/mol. The van der Waals surface area contributed by atoms with Crippen molar-refractivity contribution >= 4 is 21.6 Å².